The fraction of sp³-hybridized carbons (Fsp3) is 0.529. The van der Waals surface area contributed by atoms with Gasteiger partial charge in [-0.2, -0.15) is 0 Å². The van der Waals surface area contributed by atoms with E-state index >= 15 is 0 Å². The lowest BCUT2D eigenvalue weighted by atomic mass is 10.2. The average Bonchev–Trinajstić information content (AvgIpc) is 3.07. The minimum atomic E-state index is -0.423. The van der Waals surface area contributed by atoms with Crippen molar-refractivity contribution in [3.8, 4) is 0 Å². The SMILES string of the molecule is CCCCOC(=O)c1ccccc1NC(=O)NCC1CCCO1. The first-order chi connectivity index (χ1) is 11.2. The highest BCUT2D eigenvalue weighted by atomic mass is 16.5. The highest BCUT2D eigenvalue weighted by Crippen LogP contribution is 2.16. The number of esters is 1. The van der Waals surface area contributed by atoms with Gasteiger partial charge in [0.15, 0.2) is 0 Å². The van der Waals surface area contributed by atoms with Crippen LogP contribution < -0.4 is 10.6 Å². The summed E-state index contributed by atoms with van der Waals surface area (Å²) in [5.41, 5.74) is 0.801. The van der Waals surface area contributed by atoms with Gasteiger partial charge in [-0.1, -0.05) is 25.5 Å². The van der Waals surface area contributed by atoms with Crippen molar-refractivity contribution in [2.24, 2.45) is 0 Å². The van der Waals surface area contributed by atoms with Crippen LogP contribution in [-0.2, 0) is 9.47 Å². The zero-order valence-electron chi connectivity index (χ0n) is 13.5. The van der Waals surface area contributed by atoms with Gasteiger partial charge in [0.2, 0.25) is 0 Å². The van der Waals surface area contributed by atoms with Crippen LogP contribution in [-0.4, -0.2) is 37.9 Å². The predicted molar refractivity (Wildman–Crippen MR) is 87.6 cm³/mol. The van der Waals surface area contributed by atoms with Gasteiger partial charge in [0.1, 0.15) is 0 Å². The molecule has 1 aliphatic heterocycles. The number of urea groups is 1. The second-order valence-electron chi connectivity index (χ2n) is 5.51. The smallest absolute Gasteiger partial charge is 0.340 e. The maximum absolute atomic E-state index is 12.1. The fourth-order valence-electron chi connectivity index (χ4n) is 2.34. The molecule has 23 heavy (non-hydrogen) atoms. The number of amides is 2. The van der Waals surface area contributed by atoms with E-state index in [0.717, 1.165) is 32.3 Å². The lowest BCUT2D eigenvalue weighted by molar-refractivity contribution is 0.0501. The van der Waals surface area contributed by atoms with E-state index in [2.05, 4.69) is 10.6 Å². The van der Waals surface area contributed by atoms with Gasteiger partial charge in [0.05, 0.1) is 24.0 Å². The third-order valence-electron chi connectivity index (χ3n) is 3.64. The lowest BCUT2D eigenvalue weighted by Gasteiger charge is -2.13. The van der Waals surface area contributed by atoms with Crippen molar-refractivity contribution < 1.29 is 19.1 Å². The molecular formula is C17H24N2O4. The molecule has 2 N–H and O–H groups in total. The molecule has 2 amide bonds. The van der Waals surface area contributed by atoms with Crippen molar-refractivity contribution in [3.63, 3.8) is 0 Å². The summed E-state index contributed by atoms with van der Waals surface area (Å²) < 4.78 is 10.7. The Hall–Kier alpha value is -2.08. The quantitative estimate of drug-likeness (QED) is 0.598. The molecule has 1 atom stereocenters. The molecule has 1 aliphatic rings. The molecular weight excluding hydrogens is 296 g/mol. The first kappa shape index (κ1) is 17.3. The summed E-state index contributed by atoms with van der Waals surface area (Å²) in [5.74, 6) is -0.423. The van der Waals surface area contributed by atoms with Gasteiger partial charge >= 0.3 is 12.0 Å². The highest BCUT2D eigenvalue weighted by Gasteiger charge is 2.17. The van der Waals surface area contributed by atoms with Gasteiger partial charge < -0.3 is 20.1 Å². The molecule has 1 fully saturated rings. The molecule has 1 unspecified atom stereocenters. The Labute approximate surface area is 136 Å². The van der Waals surface area contributed by atoms with E-state index in [9.17, 15) is 9.59 Å². The summed E-state index contributed by atoms with van der Waals surface area (Å²) in [6, 6.07) is 6.48. The van der Waals surface area contributed by atoms with Crippen LogP contribution in [0.15, 0.2) is 24.3 Å². The second-order valence-corrected chi connectivity index (χ2v) is 5.51. The number of benzene rings is 1. The van der Waals surface area contributed by atoms with E-state index < -0.39 is 5.97 Å². The maximum atomic E-state index is 12.1. The van der Waals surface area contributed by atoms with Crippen molar-refractivity contribution in [2.75, 3.05) is 25.1 Å². The minimum Gasteiger partial charge on any atom is -0.462 e. The number of hydrogen-bond acceptors (Lipinski definition) is 4. The van der Waals surface area contributed by atoms with Crippen LogP contribution in [0.1, 0.15) is 43.0 Å². The van der Waals surface area contributed by atoms with Gasteiger partial charge in [-0.05, 0) is 31.4 Å². The van der Waals surface area contributed by atoms with Crippen molar-refractivity contribution in [1.82, 2.24) is 5.32 Å². The second kappa shape index (κ2) is 9.15. The number of hydrogen-bond donors (Lipinski definition) is 2. The molecule has 0 bridgehead atoms. The summed E-state index contributed by atoms with van der Waals surface area (Å²) in [5, 5.41) is 5.46. The number of para-hydroxylation sites is 1. The van der Waals surface area contributed by atoms with Gasteiger partial charge in [-0.3, -0.25) is 0 Å². The zero-order valence-corrected chi connectivity index (χ0v) is 13.5. The molecule has 1 aromatic rings. The number of ether oxygens (including phenoxy) is 2. The Bertz CT molecular complexity index is 527. The Morgan fingerprint density at radius 3 is 2.91 bits per heavy atom. The number of carbonyl (C=O) groups excluding carboxylic acids is 2. The monoisotopic (exact) mass is 320 g/mol. The summed E-state index contributed by atoms with van der Waals surface area (Å²) in [6.45, 7) is 3.63. The Balaban J connectivity index is 1.88. The lowest BCUT2D eigenvalue weighted by Crippen LogP contribution is -2.35. The van der Waals surface area contributed by atoms with Crippen LogP contribution >= 0.6 is 0 Å². The van der Waals surface area contributed by atoms with Crippen molar-refractivity contribution in [2.45, 2.75) is 38.7 Å². The molecule has 0 spiro atoms. The van der Waals surface area contributed by atoms with Gasteiger partial charge in [0.25, 0.3) is 0 Å². The van der Waals surface area contributed by atoms with Crippen LogP contribution in [0.25, 0.3) is 0 Å². The van der Waals surface area contributed by atoms with E-state index in [1.165, 1.54) is 0 Å². The van der Waals surface area contributed by atoms with Crippen molar-refractivity contribution in [1.29, 1.82) is 0 Å². The number of anilines is 1. The largest absolute Gasteiger partial charge is 0.462 e. The van der Waals surface area contributed by atoms with Crippen LogP contribution in [0, 0.1) is 0 Å². The molecule has 6 nitrogen and oxygen atoms in total. The number of rotatable bonds is 7. The Morgan fingerprint density at radius 2 is 2.17 bits per heavy atom. The molecule has 126 valence electrons. The van der Waals surface area contributed by atoms with Crippen LogP contribution in [0.3, 0.4) is 0 Å². The average molecular weight is 320 g/mol. The molecule has 0 aliphatic carbocycles. The molecule has 0 radical (unpaired) electrons. The standard InChI is InChI=1S/C17H24N2O4/c1-2-3-10-23-16(20)14-8-4-5-9-15(14)19-17(21)18-12-13-7-6-11-22-13/h4-5,8-9,13H,2-3,6-7,10-12H2,1H3,(H2,18,19,21). The van der Waals surface area contributed by atoms with Crippen LogP contribution in [0.4, 0.5) is 10.5 Å². The zero-order chi connectivity index (χ0) is 16.5. The molecule has 6 heteroatoms. The summed E-state index contributed by atoms with van der Waals surface area (Å²) >= 11 is 0. The van der Waals surface area contributed by atoms with E-state index in [1.54, 1.807) is 24.3 Å². The third kappa shape index (κ3) is 5.56. The van der Waals surface area contributed by atoms with Gasteiger partial charge in [0, 0.05) is 13.2 Å². The minimum absolute atomic E-state index is 0.0787. The molecule has 1 heterocycles. The van der Waals surface area contributed by atoms with E-state index in [-0.39, 0.29) is 12.1 Å². The predicted octanol–water partition coefficient (Wildman–Crippen LogP) is 2.94. The van der Waals surface area contributed by atoms with Crippen LogP contribution in [0.2, 0.25) is 0 Å². The summed E-state index contributed by atoms with van der Waals surface area (Å²) in [7, 11) is 0. The molecule has 0 aromatic heterocycles. The molecule has 2 rings (SSSR count). The first-order valence-electron chi connectivity index (χ1n) is 8.13. The highest BCUT2D eigenvalue weighted by molar-refractivity contribution is 6.00. The number of unbranched alkanes of at least 4 members (excludes halogenated alkanes) is 1. The topological polar surface area (TPSA) is 76.7 Å². The third-order valence-corrected chi connectivity index (χ3v) is 3.64. The summed E-state index contributed by atoms with van der Waals surface area (Å²) in [6.07, 6.45) is 3.85. The Kier molecular flexibility index (Phi) is 6.87. The first-order valence-corrected chi connectivity index (χ1v) is 8.13. The molecule has 1 saturated heterocycles. The Morgan fingerprint density at radius 1 is 1.35 bits per heavy atom. The van der Waals surface area contributed by atoms with Crippen molar-refractivity contribution >= 4 is 17.7 Å². The van der Waals surface area contributed by atoms with E-state index in [4.69, 9.17) is 9.47 Å². The van der Waals surface area contributed by atoms with Gasteiger partial charge in [-0.25, -0.2) is 9.59 Å². The number of carbonyl (C=O) groups is 2. The van der Waals surface area contributed by atoms with Gasteiger partial charge in [-0.15, -0.1) is 0 Å². The number of nitrogens with one attached hydrogen (secondary N) is 2. The summed E-state index contributed by atoms with van der Waals surface area (Å²) in [4.78, 5) is 24.0. The van der Waals surface area contributed by atoms with Crippen LogP contribution in [0.5, 0.6) is 0 Å². The van der Waals surface area contributed by atoms with Crippen molar-refractivity contribution in [3.05, 3.63) is 29.8 Å². The normalized spacial score (nSPS) is 16.8. The molecule has 0 saturated carbocycles. The van der Waals surface area contributed by atoms with E-state index in [0.29, 0.717) is 24.4 Å². The maximum Gasteiger partial charge on any atom is 0.340 e. The fourth-order valence-corrected chi connectivity index (χ4v) is 2.34. The van der Waals surface area contributed by atoms with E-state index in [1.807, 2.05) is 6.92 Å². The molecule has 1 aromatic carbocycles.